The van der Waals surface area contributed by atoms with E-state index in [2.05, 4.69) is 10.3 Å². The van der Waals surface area contributed by atoms with Crippen molar-refractivity contribution >= 4 is 28.1 Å². The minimum atomic E-state index is -0.901. The summed E-state index contributed by atoms with van der Waals surface area (Å²) in [6, 6.07) is 2.94. The largest absolute Gasteiger partial charge is 0.481 e. The molecule has 1 amide bonds. The van der Waals surface area contributed by atoms with E-state index in [0.29, 0.717) is 5.13 Å². The fraction of sp³-hybridized carbons (Fsp3) is 0.167. The van der Waals surface area contributed by atoms with Crippen molar-refractivity contribution in [2.75, 3.05) is 11.9 Å². The molecule has 0 aliphatic carbocycles. The number of rotatable bonds is 5. The van der Waals surface area contributed by atoms with Gasteiger partial charge in [0.2, 0.25) is 0 Å². The number of hydrogen-bond acceptors (Lipinski definition) is 6. The van der Waals surface area contributed by atoms with Gasteiger partial charge < -0.3 is 4.74 Å². The number of thiazole rings is 1. The molecule has 1 aromatic heterocycles. The third kappa shape index (κ3) is 3.96. The first-order valence-electron chi connectivity index (χ1n) is 5.74. The monoisotopic (exact) mass is 311 g/mol. The predicted octanol–water partition coefficient (Wildman–Crippen LogP) is 2.52. The molecule has 0 aliphatic rings. The standard InChI is InChI=1S/C12H10FN3O4S/c1-7-6-21-12(14-7)15-11(17)5-20-10-3-2-8(16(18)19)4-9(10)13/h2-4,6H,5H2,1H3,(H,14,15,17). The van der Waals surface area contributed by atoms with Crippen LogP contribution in [0.1, 0.15) is 5.69 Å². The number of halogens is 1. The van der Waals surface area contributed by atoms with Crippen molar-refractivity contribution < 1.29 is 18.8 Å². The summed E-state index contributed by atoms with van der Waals surface area (Å²) in [6.07, 6.45) is 0. The average Bonchev–Trinajstić information content (AvgIpc) is 2.82. The fourth-order valence-electron chi connectivity index (χ4n) is 1.43. The Morgan fingerprint density at radius 1 is 1.57 bits per heavy atom. The molecule has 0 saturated heterocycles. The summed E-state index contributed by atoms with van der Waals surface area (Å²) >= 11 is 1.26. The zero-order valence-corrected chi connectivity index (χ0v) is 11.6. The first kappa shape index (κ1) is 14.9. The second-order valence-electron chi connectivity index (χ2n) is 4.00. The number of hydrogen-bond donors (Lipinski definition) is 1. The molecule has 0 aliphatic heterocycles. The van der Waals surface area contributed by atoms with Crippen LogP contribution in [0.5, 0.6) is 5.75 Å². The molecule has 0 fully saturated rings. The van der Waals surface area contributed by atoms with Crippen molar-refractivity contribution in [3.8, 4) is 5.75 Å². The number of nitro benzene ring substituents is 1. The number of nitrogens with one attached hydrogen (secondary N) is 1. The number of amides is 1. The summed E-state index contributed by atoms with van der Waals surface area (Å²) in [5.74, 6) is -1.63. The molecular weight excluding hydrogens is 301 g/mol. The SMILES string of the molecule is Cc1csc(NC(=O)COc2ccc([N+](=O)[O-])cc2F)n1. The van der Waals surface area contributed by atoms with Crippen molar-refractivity contribution in [1.29, 1.82) is 0 Å². The third-order valence-electron chi connectivity index (χ3n) is 2.35. The number of non-ortho nitro benzene ring substituents is 1. The maximum Gasteiger partial charge on any atom is 0.272 e. The molecule has 7 nitrogen and oxygen atoms in total. The Bertz CT molecular complexity index is 689. The molecule has 1 heterocycles. The molecule has 0 radical (unpaired) electrons. The molecule has 0 spiro atoms. The second-order valence-corrected chi connectivity index (χ2v) is 4.86. The van der Waals surface area contributed by atoms with Gasteiger partial charge in [-0.15, -0.1) is 11.3 Å². The minimum absolute atomic E-state index is 0.230. The summed E-state index contributed by atoms with van der Waals surface area (Å²) in [4.78, 5) is 25.4. The highest BCUT2D eigenvalue weighted by atomic mass is 32.1. The maximum absolute atomic E-state index is 13.5. The van der Waals surface area contributed by atoms with E-state index in [1.807, 2.05) is 0 Å². The van der Waals surface area contributed by atoms with Crippen LogP contribution in [0.4, 0.5) is 15.2 Å². The molecular formula is C12H10FN3O4S. The van der Waals surface area contributed by atoms with Gasteiger partial charge in [0.1, 0.15) is 0 Å². The highest BCUT2D eigenvalue weighted by Gasteiger charge is 2.13. The molecule has 9 heteroatoms. The van der Waals surface area contributed by atoms with Crippen molar-refractivity contribution in [3.63, 3.8) is 0 Å². The lowest BCUT2D eigenvalue weighted by Gasteiger charge is -2.06. The molecule has 1 aromatic carbocycles. The smallest absolute Gasteiger partial charge is 0.272 e. The Hall–Kier alpha value is -2.55. The van der Waals surface area contributed by atoms with Crippen LogP contribution in [0.2, 0.25) is 0 Å². The number of carbonyl (C=O) groups excluding carboxylic acids is 1. The Labute approximate surface area is 122 Å². The van der Waals surface area contributed by atoms with E-state index in [4.69, 9.17) is 4.74 Å². The Morgan fingerprint density at radius 2 is 2.33 bits per heavy atom. The number of anilines is 1. The second kappa shape index (κ2) is 6.27. The van der Waals surface area contributed by atoms with Gasteiger partial charge in [0.05, 0.1) is 16.7 Å². The first-order chi connectivity index (χ1) is 9.95. The summed E-state index contributed by atoms with van der Waals surface area (Å²) in [5.41, 5.74) is 0.389. The van der Waals surface area contributed by atoms with E-state index in [1.54, 1.807) is 12.3 Å². The van der Waals surface area contributed by atoms with Crippen molar-refractivity contribution in [3.05, 3.63) is 45.2 Å². The molecule has 0 bridgehead atoms. The molecule has 2 aromatic rings. The average molecular weight is 311 g/mol. The minimum Gasteiger partial charge on any atom is -0.481 e. The maximum atomic E-state index is 13.5. The lowest BCUT2D eigenvalue weighted by molar-refractivity contribution is -0.385. The van der Waals surface area contributed by atoms with Gasteiger partial charge in [0.15, 0.2) is 23.3 Å². The molecule has 0 atom stereocenters. The Kier molecular flexibility index (Phi) is 4.43. The number of nitro groups is 1. The van der Waals surface area contributed by atoms with Crippen LogP contribution in [0.25, 0.3) is 0 Å². The first-order valence-corrected chi connectivity index (χ1v) is 6.62. The predicted molar refractivity (Wildman–Crippen MR) is 74.0 cm³/mol. The summed E-state index contributed by atoms with van der Waals surface area (Å²) in [7, 11) is 0. The van der Waals surface area contributed by atoms with E-state index in [1.165, 1.54) is 11.3 Å². The van der Waals surface area contributed by atoms with E-state index in [-0.39, 0.29) is 11.4 Å². The summed E-state index contributed by atoms with van der Waals surface area (Å²) in [5, 5.41) is 15.2. The van der Waals surface area contributed by atoms with E-state index in [0.717, 1.165) is 23.9 Å². The third-order valence-corrected chi connectivity index (χ3v) is 3.23. The number of benzene rings is 1. The van der Waals surface area contributed by atoms with Crippen LogP contribution in [0.15, 0.2) is 23.6 Å². The summed E-state index contributed by atoms with van der Waals surface area (Å²) < 4.78 is 18.5. The van der Waals surface area contributed by atoms with Crippen molar-refractivity contribution in [2.45, 2.75) is 6.92 Å². The van der Waals surface area contributed by atoms with Gasteiger partial charge in [0.25, 0.3) is 11.6 Å². The number of aromatic nitrogens is 1. The zero-order valence-electron chi connectivity index (χ0n) is 10.8. The van der Waals surface area contributed by atoms with Gasteiger partial charge in [0, 0.05) is 11.4 Å². The lowest BCUT2D eigenvalue weighted by atomic mass is 10.3. The quantitative estimate of drug-likeness (QED) is 0.676. The van der Waals surface area contributed by atoms with Crippen LogP contribution in [-0.2, 0) is 4.79 Å². The van der Waals surface area contributed by atoms with Gasteiger partial charge in [-0.25, -0.2) is 9.37 Å². The summed E-state index contributed by atoms with van der Waals surface area (Å²) in [6.45, 7) is 1.36. The molecule has 0 unspecified atom stereocenters. The normalized spacial score (nSPS) is 10.2. The zero-order chi connectivity index (χ0) is 15.4. The van der Waals surface area contributed by atoms with Crippen molar-refractivity contribution in [1.82, 2.24) is 4.98 Å². The molecule has 0 saturated carbocycles. The van der Waals surface area contributed by atoms with Crippen LogP contribution >= 0.6 is 11.3 Å². The number of carbonyl (C=O) groups is 1. The van der Waals surface area contributed by atoms with Gasteiger partial charge in [-0.1, -0.05) is 0 Å². The highest BCUT2D eigenvalue weighted by molar-refractivity contribution is 7.13. The van der Waals surface area contributed by atoms with Crippen LogP contribution < -0.4 is 10.1 Å². The van der Waals surface area contributed by atoms with Crippen molar-refractivity contribution in [2.24, 2.45) is 0 Å². The van der Waals surface area contributed by atoms with Crippen LogP contribution in [0, 0.1) is 22.9 Å². The highest BCUT2D eigenvalue weighted by Crippen LogP contribution is 2.22. The number of aryl methyl sites for hydroxylation is 1. The number of ether oxygens (including phenoxy) is 1. The molecule has 21 heavy (non-hydrogen) atoms. The molecule has 1 N–H and O–H groups in total. The molecule has 2 rings (SSSR count). The molecule has 110 valence electrons. The van der Waals surface area contributed by atoms with Gasteiger partial charge in [-0.3, -0.25) is 20.2 Å². The van der Waals surface area contributed by atoms with Crippen LogP contribution in [-0.4, -0.2) is 22.4 Å². The van der Waals surface area contributed by atoms with Gasteiger partial charge in [-0.2, -0.15) is 0 Å². The van der Waals surface area contributed by atoms with E-state index < -0.39 is 23.3 Å². The van der Waals surface area contributed by atoms with E-state index >= 15 is 0 Å². The van der Waals surface area contributed by atoms with Crippen LogP contribution in [0.3, 0.4) is 0 Å². The topological polar surface area (TPSA) is 94.4 Å². The van der Waals surface area contributed by atoms with Gasteiger partial charge in [-0.05, 0) is 13.0 Å². The fourth-order valence-corrected chi connectivity index (χ4v) is 2.13. The van der Waals surface area contributed by atoms with Gasteiger partial charge >= 0.3 is 0 Å². The Balaban J connectivity index is 1.93. The Morgan fingerprint density at radius 3 is 2.90 bits per heavy atom. The number of nitrogens with zero attached hydrogens (tertiary/aromatic N) is 2. The lowest BCUT2D eigenvalue weighted by Crippen LogP contribution is -2.20. The van der Waals surface area contributed by atoms with E-state index in [9.17, 15) is 19.3 Å².